The molecule has 1 saturated heterocycles. The van der Waals surface area contributed by atoms with Gasteiger partial charge in [-0.1, -0.05) is 0 Å². The lowest BCUT2D eigenvalue weighted by molar-refractivity contribution is 0.0499. The zero-order valence-electron chi connectivity index (χ0n) is 10.9. The Hall–Kier alpha value is -0.770. The highest BCUT2D eigenvalue weighted by molar-refractivity contribution is 5.68. The maximum absolute atomic E-state index is 11.5. The average molecular weight is 228 g/mol. The standard InChI is InChI=1S/C12H24N2O2/c1-10(9-14-7-5-6-8-14)13-11(15)16-12(2,3)4/h10H,5-9H2,1-4H3,(H,13,15). The molecule has 1 amide bonds. The predicted octanol–water partition coefficient (Wildman–Crippen LogP) is 2.00. The Balaban J connectivity index is 2.22. The summed E-state index contributed by atoms with van der Waals surface area (Å²) >= 11 is 0. The quantitative estimate of drug-likeness (QED) is 0.803. The number of hydrogen-bond acceptors (Lipinski definition) is 3. The molecule has 1 aliphatic rings. The predicted molar refractivity (Wildman–Crippen MR) is 64.5 cm³/mol. The van der Waals surface area contributed by atoms with Crippen LogP contribution in [0.5, 0.6) is 0 Å². The number of carbonyl (C=O) groups is 1. The second-order valence-corrected chi connectivity index (χ2v) is 5.55. The van der Waals surface area contributed by atoms with E-state index in [-0.39, 0.29) is 12.1 Å². The van der Waals surface area contributed by atoms with Gasteiger partial charge in [0.05, 0.1) is 0 Å². The van der Waals surface area contributed by atoms with Gasteiger partial charge in [0.2, 0.25) is 0 Å². The largest absolute Gasteiger partial charge is 0.444 e. The number of hydrogen-bond donors (Lipinski definition) is 1. The van der Waals surface area contributed by atoms with E-state index >= 15 is 0 Å². The van der Waals surface area contributed by atoms with Crippen molar-refractivity contribution in [3.63, 3.8) is 0 Å². The topological polar surface area (TPSA) is 41.6 Å². The van der Waals surface area contributed by atoms with Crippen LogP contribution in [-0.2, 0) is 4.74 Å². The van der Waals surface area contributed by atoms with Gasteiger partial charge in [0.1, 0.15) is 5.60 Å². The lowest BCUT2D eigenvalue weighted by atomic mass is 10.2. The van der Waals surface area contributed by atoms with Crippen molar-refractivity contribution >= 4 is 6.09 Å². The number of alkyl carbamates (subject to hydrolysis) is 1. The van der Waals surface area contributed by atoms with Gasteiger partial charge in [-0.05, 0) is 53.6 Å². The first-order valence-electron chi connectivity index (χ1n) is 6.09. The number of ether oxygens (including phenoxy) is 1. The maximum Gasteiger partial charge on any atom is 0.407 e. The van der Waals surface area contributed by atoms with Gasteiger partial charge in [0.15, 0.2) is 0 Å². The van der Waals surface area contributed by atoms with Gasteiger partial charge in [-0.25, -0.2) is 4.79 Å². The van der Waals surface area contributed by atoms with E-state index in [1.165, 1.54) is 12.8 Å². The first-order chi connectivity index (χ1) is 7.37. The van der Waals surface area contributed by atoms with Crippen molar-refractivity contribution in [1.82, 2.24) is 10.2 Å². The van der Waals surface area contributed by atoms with Gasteiger partial charge in [-0.15, -0.1) is 0 Å². The summed E-state index contributed by atoms with van der Waals surface area (Å²) in [4.78, 5) is 13.9. The monoisotopic (exact) mass is 228 g/mol. The molecule has 1 rings (SSSR count). The molecule has 0 aromatic rings. The molecule has 0 aliphatic carbocycles. The number of likely N-dealkylation sites (tertiary alicyclic amines) is 1. The molecule has 0 radical (unpaired) electrons. The number of amides is 1. The van der Waals surface area contributed by atoms with E-state index < -0.39 is 5.60 Å². The van der Waals surface area contributed by atoms with Crippen LogP contribution in [0.15, 0.2) is 0 Å². The summed E-state index contributed by atoms with van der Waals surface area (Å²) in [5.41, 5.74) is -0.419. The van der Waals surface area contributed by atoms with Gasteiger partial charge in [0, 0.05) is 12.6 Å². The normalized spacial score (nSPS) is 19.5. The molecule has 0 saturated carbocycles. The molecule has 1 aliphatic heterocycles. The van der Waals surface area contributed by atoms with Gasteiger partial charge < -0.3 is 15.0 Å². The molecular formula is C12H24N2O2. The Morgan fingerprint density at radius 2 is 1.94 bits per heavy atom. The van der Waals surface area contributed by atoms with Crippen molar-refractivity contribution in [2.45, 2.75) is 52.2 Å². The van der Waals surface area contributed by atoms with E-state index in [9.17, 15) is 4.79 Å². The minimum Gasteiger partial charge on any atom is -0.444 e. The minimum atomic E-state index is -0.419. The van der Waals surface area contributed by atoms with Gasteiger partial charge in [-0.2, -0.15) is 0 Å². The third-order valence-electron chi connectivity index (χ3n) is 2.49. The van der Waals surface area contributed by atoms with E-state index in [0.717, 1.165) is 19.6 Å². The Morgan fingerprint density at radius 3 is 2.44 bits per heavy atom. The van der Waals surface area contributed by atoms with Crippen molar-refractivity contribution in [3.05, 3.63) is 0 Å². The van der Waals surface area contributed by atoms with Crippen molar-refractivity contribution < 1.29 is 9.53 Å². The highest BCUT2D eigenvalue weighted by Crippen LogP contribution is 2.09. The van der Waals surface area contributed by atoms with E-state index in [2.05, 4.69) is 10.2 Å². The fourth-order valence-electron chi connectivity index (χ4n) is 1.91. The van der Waals surface area contributed by atoms with Crippen LogP contribution in [-0.4, -0.2) is 42.3 Å². The Bertz CT molecular complexity index is 230. The minimum absolute atomic E-state index is 0.146. The zero-order chi connectivity index (χ0) is 12.2. The van der Waals surface area contributed by atoms with E-state index in [1.807, 2.05) is 27.7 Å². The van der Waals surface area contributed by atoms with Crippen LogP contribution in [0.25, 0.3) is 0 Å². The molecule has 94 valence electrons. The van der Waals surface area contributed by atoms with Crippen LogP contribution in [0.3, 0.4) is 0 Å². The molecule has 0 aromatic heterocycles. The smallest absolute Gasteiger partial charge is 0.407 e. The van der Waals surface area contributed by atoms with Crippen molar-refractivity contribution in [1.29, 1.82) is 0 Å². The lowest BCUT2D eigenvalue weighted by Gasteiger charge is -2.24. The number of rotatable bonds is 3. The molecule has 4 heteroatoms. The van der Waals surface area contributed by atoms with Crippen molar-refractivity contribution in [2.75, 3.05) is 19.6 Å². The van der Waals surface area contributed by atoms with E-state index in [1.54, 1.807) is 0 Å². The Labute approximate surface area is 98.3 Å². The highest BCUT2D eigenvalue weighted by Gasteiger charge is 2.19. The van der Waals surface area contributed by atoms with Crippen LogP contribution in [0.1, 0.15) is 40.5 Å². The van der Waals surface area contributed by atoms with Crippen LogP contribution in [0, 0.1) is 0 Å². The second kappa shape index (κ2) is 5.53. The van der Waals surface area contributed by atoms with Gasteiger partial charge >= 0.3 is 6.09 Å². The van der Waals surface area contributed by atoms with Crippen molar-refractivity contribution in [3.8, 4) is 0 Å². The molecule has 1 atom stereocenters. The number of nitrogens with zero attached hydrogens (tertiary/aromatic N) is 1. The van der Waals surface area contributed by atoms with E-state index in [4.69, 9.17) is 4.74 Å². The molecule has 1 N–H and O–H groups in total. The summed E-state index contributed by atoms with van der Waals surface area (Å²) < 4.78 is 5.20. The van der Waals surface area contributed by atoms with Crippen LogP contribution >= 0.6 is 0 Å². The fraction of sp³-hybridized carbons (Fsp3) is 0.917. The highest BCUT2D eigenvalue weighted by atomic mass is 16.6. The van der Waals surface area contributed by atoms with Crippen LogP contribution in [0.4, 0.5) is 4.79 Å². The number of carbonyl (C=O) groups excluding carboxylic acids is 1. The van der Waals surface area contributed by atoms with Crippen molar-refractivity contribution in [2.24, 2.45) is 0 Å². The molecule has 0 aromatic carbocycles. The first-order valence-corrected chi connectivity index (χ1v) is 6.09. The maximum atomic E-state index is 11.5. The summed E-state index contributed by atoms with van der Waals surface area (Å²) in [6.07, 6.45) is 2.23. The Kier molecular flexibility index (Phi) is 4.59. The third kappa shape index (κ3) is 5.35. The number of nitrogens with one attached hydrogen (secondary N) is 1. The summed E-state index contributed by atoms with van der Waals surface area (Å²) in [6, 6.07) is 0.146. The molecule has 16 heavy (non-hydrogen) atoms. The molecule has 0 spiro atoms. The van der Waals surface area contributed by atoms with Crippen LogP contribution < -0.4 is 5.32 Å². The first kappa shape index (κ1) is 13.3. The SMILES string of the molecule is CC(CN1CCCC1)NC(=O)OC(C)(C)C. The third-order valence-corrected chi connectivity index (χ3v) is 2.49. The summed E-state index contributed by atoms with van der Waals surface area (Å²) in [7, 11) is 0. The van der Waals surface area contributed by atoms with Gasteiger partial charge in [-0.3, -0.25) is 0 Å². The fourth-order valence-corrected chi connectivity index (χ4v) is 1.91. The van der Waals surface area contributed by atoms with E-state index in [0.29, 0.717) is 0 Å². The molecule has 1 unspecified atom stereocenters. The average Bonchev–Trinajstić information content (AvgIpc) is 2.51. The summed E-state index contributed by atoms with van der Waals surface area (Å²) in [6.45, 7) is 10.9. The molecular weight excluding hydrogens is 204 g/mol. The zero-order valence-corrected chi connectivity index (χ0v) is 10.9. The van der Waals surface area contributed by atoms with Crippen LogP contribution in [0.2, 0.25) is 0 Å². The second-order valence-electron chi connectivity index (χ2n) is 5.55. The lowest BCUT2D eigenvalue weighted by Crippen LogP contribution is -2.43. The molecule has 4 nitrogen and oxygen atoms in total. The molecule has 1 heterocycles. The summed E-state index contributed by atoms with van der Waals surface area (Å²) in [5, 5.41) is 2.86. The molecule has 0 bridgehead atoms. The van der Waals surface area contributed by atoms with Gasteiger partial charge in [0.25, 0.3) is 0 Å². The molecule has 1 fully saturated rings. The summed E-state index contributed by atoms with van der Waals surface area (Å²) in [5.74, 6) is 0. The Morgan fingerprint density at radius 1 is 1.38 bits per heavy atom.